The van der Waals surface area contributed by atoms with E-state index in [2.05, 4.69) is 10.3 Å². The van der Waals surface area contributed by atoms with Gasteiger partial charge in [-0.3, -0.25) is 0 Å². The van der Waals surface area contributed by atoms with E-state index in [4.69, 9.17) is 0 Å². The van der Waals surface area contributed by atoms with Gasteiger partial charge in [-0.25, -0.2) is 9.37 Å². The lowest BCUT2D eigenvalue weighted by Gasteiger charge is -2.05. The second kappa shape index (κ2) is 4.45. The number of aromatic nitrogens is 2. The average molecular weight is 219 g/mol. The van der Waals surface area contributed by atoms with Crippen LogP contribution in [0.1, 0.15) is 5.82 Å². The Bertz CT molecular complexity index is 491. The standard InChI is InChI=1S/C12H14FN3/c1-14-8-12-15-7-11(16(12)2)9-4-3-5-10(13)6-9/h3-7,14H,8H2,1-2H3. The Morgan fingerprint density at radius 2 is 2.25 bits per heavy atom. The van der Waals surface area contributed by atoms with Crippen molar-refractivity contribution in [3.05, 3.63) is 42.1 Å². The van der Waals surface area contributed by atoms with Crippen molar-refractivity contribution in [2.75, 3.05) is 7.05 Å². The molecule has 0 spiro atoms. The average Bonchev–Trinajstić information content (AvgIpc) is 2.61. The van der Waals surface area contributed by atoms with E-state index in [1.807, 2.05) is 24.7 Å². The quantitative estimate of drug-likeness (QED) is 0.855. The Morgan fingerprint density at radius 3 is 2.94 bits per heavy atom. The predicted molar refractivity (Wildman–Crippen MR) is 61.4 cm³/mol. The van der Waals surface area contributed by atoms with Gasteiger partial charge in [-0.2, -0.15) is 0 Å². The first-order valence-electron chi connectivity index (χ1n) is 5.13. The maximum absolute atomic E-state index is 13.1. The third kappa shape index (κ3) is 1.97. The molecule has 0 saturated carbocycles. The first-order valence-corrected chi connectivity index (χ1v) is 5.13. The Balaban J connectivity index is 2.41. The molecule has 0 atom stereocenters. The largest absolute Gasteiger partial charge is 0.330 e. The minimum Gasteiger partial charge on any atom is -0.330 e. The molecule has 1 heterocycles. The third-order valence-corrected chi connectivity index (χ3v) is 2.54. The van der Waals surface area contributed by atoms with E-state index in [1.54, 1.807) is 12.3 Å². The van der Waals surface area contributed by atoms with Crippen LogP contribution in [0.4, 0.5) is 4.39 Å². The van der Waals surface area contributed by atoms with Gasteiger partial charge >= 0.3 is 0 Å². The van der Waals surface area contributed by atoms with Gasteiger partial charge in [0, 0.05) is 12.6 Å². The maximum atomic E-state index is 13.1. The fourth-order valence-electron chi connectivity index (χ4n) is 1.69. The van der Waals surface area contributed by atoms with Crippen LogP contribution in [0.25, 0.3) is 11.3 Å². The molecule has 0 unspecified atom stereocenters. The van der Waals surface area contributed by atoms with Gasteiger partial charge in [-0.05, 0) is 19.2 Å². The van der Waals surface area contributed by atoms with Crippen molar-refractivity contribution < 1.29 is 4.39 Å². The third-order valence-electron chi connectivity index (χ3n) is 2.54. The van der Waals surface area contributed by atoms with E-state index < -0.39 is 0 Å². The summed E-state index contributed by atoms with van der Waals surface area (Å²) in [5.41, 5.74) is 1.77. The molecule has 0 fully saturated rings. The monoisotopic (exact) mass is 219 g/mol. The van der Waals surface area contributed by atoms with Crippen molar-refractivity contribution >= 4 is 0 Å². The Kier molecular flexibility index (Phi) is 3.01. The van der Waals surface area contributed by atoms with Gasteiger partial charge < -0.3 is 9.88 Å². The summed E-state index contributed by atoms with van der Waals surface area (Å²) in [6.45, 7) is 0.700. The van der Waals surface area contributed by atoms with E-state index in [-0.39, 0.29) is 5.82 Å². The molecule has 1 N–H and O–H groups in total. The van der Waals surface area contributed by atoms with Gasteiger partial charge in [0.25, 0.3) is 0 Å². The van der Waals surface area contributed by atoms with Crippen LogP contribution in [0.5, 0.6) is 0 Å². The van der Waals surface area contributed by atoms with E-state index in [0.717, 1.165) is 17.1 Å². The summed E-state index contributed by atoms with van der Waals surface area (Å²) in [4.78, 5) is 4.29. The molecular formula is C12H14FN3. The first-order chi connectivity index (χ1) is 7.72. The topological polar surface area (TPSA) is 29.9 Å². The summed E-state index contributed by atoms with van der Waals surface area (Å²) >= 11 is 0. The van der Waals surface area contributed by atoms with Crippen LogP contribution in [0.2, 0.25) is 0 Å². The van der Waals surface area contributed by atoms with Crippen molar-refractivity contribution in [1.82, 2.24) is 14.9 Å². The SMILES string of the molecule is CNCc1ncc(-c2cccc(F)c2)n1C. The molecule has 0 radical (unpaired) electrons. The smallest absolute Gasteiger partial charge is 0.123 e. The highest BCUT2D eigenvalue weighted by Crippen LogP contribution is 2.20. The number of imidazole rings is 1. The molecule has 2 aromatic rings. The van der Waals surface area contributed by atoms with Crippen molar-refractivity contribution in [2.45, 2.75) is 6.54 Å². The minimum atomic E-state index is -0.228. The van der Waals surface area contributed by atoms with Crippen LogP contribution in [0.3, 0.4) is 0 Å². The fourth-order valence-corrected chi connectivity index (χ4v) is 1.69. The minimum absolute atomic E-state index is 0.228. The van der Waals surface area contributed by atoms with Crippen LogP contribution >= 0.6 is 0 Å². The first kappa shape index (κ1) is 10.8. The highest BCUT2D eigenvalue weighted by Gasteiger charge is 2.07. The van der Waals surface area contributed by atoms with Gasteiger partial charge in [0.1, 0.15) is 11.6 Å². The lowest BCUT2D eigenvalue weighted by molar-refractivity contribution is 0.628. The molecule has 0 bridgehead atoms. The lowest BCUT2D eigenvalue weighted by Crippen LogP contribution is -2.10. The molecule has 16 heavy (non-hydrogen) atoms. The number of hydrogen-bond donors (Lipinski definition) is 1. The maximum Gasteiger partial charge on any atom is 0.123 e. The molecule has 0 aliphatic carbocycles. The Hall–Kier alpha value is -1.68. The van der Waals surface area contributed by atoms with Crippen molar-refractivity contribution in [2.24, 2.45) is 7.05 Å². The summed E-state index contributed by atoms with van der Waals surface area (Å²) < 4.78 is 15.1. The highest BCUT2D eigenvalue weighted by molar-refractivity contribution is 5.59. The van der Waals surface area contributed by atoms with Crippen molar-refractivity contribution in [1.29, 1.82) is 0 Å². The zero-order chi connectivity index (χ0) is 11.5. The van der Waals surface area contributed by atoms with Gasteiger partial charge in [-0.1, -0.05) is 12.1 Å². The lowest BCUT2D eigenvalue weighted by atomic mass is 10.1. The molecule has 84 valence electrons. The number of nitrogens with zero attached hydrogens (tertiary/aromatic N) is 2. The zero-order valence-corrected chi connectivity index (χ0v) is 9.37. The van der Waals surface area contributed by atoms with Crippen LogP contribution < -0.4 is 5.32 Å². The van der Waals surface area contributed by atoms with Crippen LogP contribution in [-0.2, 0) is 13.6 Å². The molecule has 3 nitrogen and oxygen atoms in total. The Morgan fingerprint density at radius 1 is 1.44 bits per heavy atom. The predicted octanol–water partition coefficient (Wildman–Crippen LogP) is 1.95. The number of halogens is 1. The van der Waals surface area contributed by atoms with Crippen molar-refractivity contribution in [3.8, 4) is 11.3 Å². The molecule has 0 amide bonds. The number of benzene rings is 1. The molecule has 1 aromatic heterocycles. The molecule has 0 aliphatic heterocycles. The van der Waals surface area contributed by atoms with Crippen LogP contribution in [0.15, 0.2) is 30.5 Å². The van der Waals surface area contributed by atoms with Gasteiger partial charge in [-0.15, -0.1) is 0 Å². The van der Waals surface area contributed by atoms with Crippen molar-refractivity contribution in [3.63, 3.8) is 0 Å². The second-order valence-corrected chi connectivity index (χ2v) is 3.66. The molecule has 1 aromatic carbocycles. The molecule has 0 aliphatic rings. The summed E-state index contributed by atoms with van der Waals surface area (Å²) in [6, 6.07) is 6.53. The summed E-state index contributed by atoms with van der Waals surface area (Å²) in [5, 5.41) is 3.04. The van der Waals surface area contributed by atoms with E-state index in [0.29, 0.717) is 6.54 Å². The van der Waals surface area contributed by atoms with Gasteiger partial charge in [0.2, 0.25) is 0 Å². The second-order valence-electron chi connectivity index (χ2n) is 3.66. The van der Waals surface area contributed by atoms with E-state index >= 15 is 0 Å². The van der Waals surface area contributed by atoms with Gasteiger partial charge in [0.15, 0.2) is 0 Å². The van der Waals surface area contributed by atoms with Gasteiger partial charge in [0.05, 0.1) is 18.4 Å². The summed E-state index contributed by atoms with van der Waals surface area (Å²) in [5.74, 6) is 0.704. The molecule has 0 saturated heterocycles. The molecule has 4 heteroatoms. The Labute approximate surface area is 93.9 Å². The number of hydrogen-bond acceptors (Lipinski definition) is 2. The van der Waals surface area contributed by atoms with E-state index in [1.165, 1.54) is 12.1 Å². The van der Waals surface area contributed by atoms with E-state index in [9.17, 15) is 4.39 Å². The zero-order valence-electron chi connectivity index (χ0n) is 9.37. The molecule has 2 rings (SSSR count). The normalized spacial score (nSPS) is 10.7. The van der Waals surface area contributed by atoms with Crippen LogP contribution in [-0.4, -0.2) is 16.6 Å². The summed E-state index contributed by atoms with van der Waals surface area (Å²) in [7, 11) is 3.80. The fraction of sp³-hybridized carbons (Fsp3) is 0.250. The molecular weight excluding hydrogens is 205 g/mol. The number of nitrogens with one attached hydrogen (secondary N) is 1. The summed E-state index contributed by atoms with van der Waals surface area (Å²) in [6.07, 6.45) is 1.77. The van der Waals surface area contributed by atoms with Crippen LogP contribution in [0, 0.1) is 5.82 Å². The highest BCUT2D eigenvalue weighted by atomic mass is 19.1. The number of rotatable bonds is 3.